The molecule has 102 valence electrons. The number of benzene rings is 2. The van der Waals surface area contributed by atoms with E-state index in [2.05, 4.69) is 27.9 Å². The summed E-state index contributed by atoms with van der Waals surface area (Å²) in [4.78, 5) is 11.9. The van der Waals surface area contributed by atoms with Gasteiger partial charge in [0.25, 0.3) is 0 Å². The van der Waals surface area contributed by atoms with Crippen LogP contribution in [-0.2, 0) is 4.79 Å². The Morgan fingerprint density at radius 1 is 1.10 bits per heavy atom. The summed E-state index contributed by atoms with van der Waals surface area (Å²) < 4.78 is 1.16. The van der Waals surface area contributed by atoms with Crippen molar-refractivity contribution in [1.82, 2.24) is 0 Å². The van der Waals surface area contributed by atoms with E-state index in [0.717, 1.165) is 20.4 Å². The smallest absolute Gasteiger partial charge is 0.248 e. The van der Waals surface area contributed by atoms with Crippen molar-refractivity contribution < 1.29 is 4.79 Å². The third kappa shape index (κ3) is 4.20. The Morgan fingerprint density at radius 2 is 1.80 bits per heavy atom. The highest BCUT2D eigenvalue weighted by Gasteiger charge is 2.01. The van der Waals surface area contributed by atoms with Crippen molar-refractivity contribution in [3.05, 3.63) is 68.8 Å². The first kappa shape index (κ1) is 14.8. The van der Waals surface area contributed by atoms with Gasteiger partial charge in [-0.3, -0.25) is 4.79 Å². The van der Waals surface area contributed by atoms with Crippen molar-refractivity contribution in [2.75, 3.05) is 5.32 Å². The molecule has 0 bridgehead atoms. The molecule has 1 amide bonds. The zero-order valence-electron chi connectivity index (χ0n) is 11.5. The largest absolute Gasteiger partial charge is 0.322 e. The monoisotopic (exact) mass is 377 g/mol. The van der Waals surface area contributed by atoms with Gasteiger partial charge < -0.3 is 5.32 Å². The molecule has 2 nitrogen and oxygen atoms in total. The molecule has 0 aliphatic rings. The second-order valence-corrected chi connectivity index (χ2v) is 5.94. The minimum absolute atomic E-state index is 0.116. The number of anilines is 1. The molecule has 0 spiro atoms. The lowest BCUT2D eigenvalue weighted by Gasteiger charge is -2.06. The van der Waals surface area contributed by atoms with Crippen molar-refractivity contribution in [3.63, 3.8) is 0 Å². The molecule has 3 heteroatoms. The molecule has 0 saturated heterocycles. The summed E-state index contributed by atoms with van der Waals surface area (Å²) in [6, 6.07) is 14.0. The van der Waals surface area contributed by atoms with Gasteiger partial charge in [0.05, 0.1) is 0 Å². The van der Waals surface area contributed by atoms with Crippen LogP contribution in [0.2, 0.25) is 0 Å². The summed E-state index contributed by atoms with van der Waals surface area (Å²) in [6.45, 7) is 4.03. The fourth-order valence-electron chi connectivity index (χ4n) is 1.79. The van der Waals surface area contributed by atoms with E-state index < -0.39 is 0 Å². The van der Waals surface area contributed by atoms with E-state index in [0.29, 0.717) is 0 Å². The van der Waals surface area contributed by atoms with E-state index in [1.165, 1.54) is 5.56 Å². The van der Waals surface area contributed by atoms with Crippen molar-refractivity contribution in [3.8, 4) is 0 Å². The minimum Gasteiger partial charge on any atom is -0.322 e. The first-order valence-electron chi connectivity index (χ1n) is 6.36. The Bertz CT molecular complexity index is 645. The number of hydrogen-bond donors (Lipinski definition) is 1. The van der Waals surface area contributed by atoms with Gasteiger partial charge in [0, 0.05) is 15.3 Å². The molecule has 0 aromatic heterocycles. The number of rotatable bonds is 3. The Hall–Kier alpha value is -1.62. The van der Waals surface area contributed by atoms with E-state index in [1.807, 2.05) is 62.4 Å². The summed E-state index contributed by atoms with van der Waals surface area (Å²) >= 11 is 2.26. The van der Waals surface area contributed by atoms with Gasteiger partial charge in [-0.2, -0.15) is 0 Å². The summed E-state index contributed by atoms with van der Waals surface area (Å²) in [7, 11) is 0. The minimum atomic E-state index is -0.116. The van der Waals surface area contributed by atoms with Gasteiger partial charge in [0.1, 0.15) is 0 Å². The molecular weight excluding hydrogens is 361 g/mol. The maximum absolute atomic E-state index is 11.9. The van der Waals surface area contributed by atoms with Crippen molar-refractivity contribution in [1.29, 1.82) is 0 Å². The molecule has 0 unspecified atom stereocenters. The summed E-state index contributed by atoms with van der Waals surface area (Å²) in [5.41, 5.74) is 4.14. The Labute approximate surface area is 133 Å². The molecular formula is C17H16INO. The van der Waals surface area contributed by atoms with Crippen LogP contribution in [0.25, 0.3) is 6.08 Å². The van der Waals surface area contributed by atoms with Crippen LogP contribution in [0.4, 0.5) is 5.69 Å². The number of aryl methyl sites for hydroxylation is 2. The molecule has 0 aliphatic heterocycles. The van der Waals surface area contributed by atoms with Crippen LogP contribution in [0.1, 0.15) is 16.7 Å². The number of carbonyl (C=O) groups excluding carboxylic acids is 1. The maximum Gasteiger partial charge on any atom is 0.248 e. The number of nitrogens with one attached hydrogen (secondary N) is 1. The Morgan fingerprint density at radius 3 is 2.45 bits per heavy atom. The molecule has 2 aromatic rings. The van der Waals surface area contributed by atoms with Crippen molar-refractivity contribution in [2.24, 2.45) is 0 Å². The van der Waals surface area contributed by atoms with Gasteiger partial charge in [-0.25, -0.2) is 0 Å². The quantitative estimate of drug-likeness (QED) is 0.617. The van der Waals surface area contributed by atoms with Crippen LogP contribution in [0.3, 0.4) is 0 Å². The molecule has 1 N–H and O–H groups in total. The number of halogens is 1. The third-order valence-electron chi connectivity index (χ3n) is 2.95. The van der Waals surface area contributed by atoms with Gasteiger partial charge in [-0.05, 0) is 71.8 Å². The topological polar surface area (TPSA) is 29.1 Å². The molecule has 0 aliphatic carbocycles. The first-order chi connectivity index (χ1) is 9.54. The van der Waals surface area contributed by atoms with Crippen LogP contribution in [0, 0.1) is 17.4 Å². The second-order valence-electron chi connectivity index (χ2n) is 4.69. The average molecular weight is 377 g/mol. The van der Waals surface area contributed by atoms with Gasteiger partial charge >= 0.3 is 0 Å². The number of hydrogen-bond acceptors (Lipinski definition) is 1. The van der Waals surface area contributed by atoms with Gasteiger partial charge in [0.15, 0.2) is 0 Å². The summed E-state index contributed by atoms with van der Waals surface area (Å²) in [5, 5.41) is 2.89. The second kappa shape index (κ2) is 6.70. The molecule has 2 rings (SSSR count). The standard InChI is InChI=1S/C17H16INO/c1-12-3-5-14(6-4-12)7-10-17(20)19-16-9-8-15(18)11-13(16)2/h3-11H,1-2H3,(H,19,20). The molecule has 0 heterocycles. The highest BCUT2D eigenvalue weighted by molar-refractivity contribution is 14.1. The third-order valence-corrected chi connectivity index (χ3v) is 3.62. The highest BCUT2D eigenvalue weighted by atomic mass is 127. The van der Waals surface area contributed by atoms with Gasteiger partial charge in [-0.1, -0.05) is 29.8 Å². The zero-order chi connectivity index (χ0) is 14.5. The fourth-order valence-corrected chi connectivity index (χ4v) is 2.44. The van der Waals surface area contributed by atoms with Crippen LogP contribution in [0.15, 0.2) is 48.5 Å². The highest BCUT2D eigenvalue weighted by Crippen LogP contribution is 2.17. The van der Waals surface area contributed by atoms with E-state index in [4.69, 9.17) is 0 Å². The molecule has 0 saturated carbocycles. The van der Waals surface area contributed by atoms with Crippen molar-refractivity contribution in [2.45, 2.75) is 13.8 Å². The zero-order valence-corrected chi connectivity index (χ0v) is 13.6. The average Bonchev–Trinajstić information content (AvgIpc) is 2.41. The van der Waals surface area contributed by atoms with E-state index in [-0.39, 0.29) is 5.91 Å². The lowest BCUT2D eigenvalue weighted by atomic mass is 10.1. The number of carbonyl (C=O) groups is 1. The van der Waals surface area contributed by atoms with E-state index in [9.17, 15) is 4.79 Å². The van der Waals surface area contributed by atoms with Crippen LogP contribution in [-0.4, -0.2) is 5.91 Å². The molecule has 2 aromatic carbocycles. The lowest BCUT2D eigenvalue weighted by Crippen LogP contribution is -2.08. The van der Waals surface area contributed by atoms with Crippen LogP contribution >= 0.6 is 22.6 Å². The maximum atomic E-state index is 11.9. The Balaban J connectivity index is 2.03. The van der Waals surface area contributed by atoms with Crippen LogP contribution < -0.4 is 5.32 Å². The fraction of sp³-hybridized carbons (Fsp3) is 0.118. The van der Waals surface area contributed by atoms with Gasteiger partial charge in [0.2, 0.25) is 5.91 Å². The summed E-state index contributed by atoms with van der Waals surface area (Å²) in [6.07, 6.45) is 3.37. The summed E-state index contributed by atoms with van der Waals surface area (Å²) in [5.74, 6) is -0.116. The van der Waals surface area contributed by atoms with Crippen LogP contribution in [0.5, 0.6) is 0 Å². The predicted molar refractivity (Wildman–Crippen MR) is 92.7 cm³/mol. The van der Waals surface area contributed by atoms with E-state index >= 15 is 0 Å². The normalized spacial score (nSPS) is 10.8. The molecule has 0 atom stereocenters. The Kier molecular flexibility index (Phi) is 4.95. The molecule has 20 heavy (non-hydrogen) atoms. The SMILES string of the molecule is Cc1ccc(C=CC(=O)Nc2ccc(I)cc2C)cc1. The predicted octanol–water partition coefficient (Wildman–Crippen LogP) is 4.56. The van der Waals surface area contributed by atoms with Gasteiger partial charge in [-0.15, -0.1) is 0 Å². The molecule has 0 fully saturated rings. The first-order valence-corrected chi connectivity index (χ1v) is 7.44. The van der Waals surface area contributed by atoms with E-state index in [1.54, 1.807) is 6.08 Å². The molecule has 0 radical (unpaired) electrons. The van der Waals surface area contributed by atoms with Crippen molar-refractivity contribution >= 4 is 40.3 Å². The lowest BCUT2D eigenvalue weighted by molar-refractivity contribution is -0.111. The number of amides is 1.